The molecule has 180 valence electrons. The summed E-state index contributed by atoms with van der Waals surface area (Å²) in [6, 6.07) is 12.6. The zero-order valence-corrected chi connectivity index (χ0v) is 21.2. The molecule has 0 atom stereocenters. The largest absolute Gasteiger partial charge is 0.381 e. The van der Waals surface area contributed by atoms with Gasteiger partial charge in [-0.05, 0) is 68.4 Å². The van der Waals surface area contributed by atoms with E-state index in [1.54, 1.807) is 31.2 Å². The predicted molar refractivity (Wildman–Crippen MR) is 136 cm³/mol. The molecule has 0 bridgehead atoms. The van der Waals surface area contributed by atoms with Crippen molar-refractivity contribution in [1.29, 1.82) is 0 Å². The van der Waals surface area contributed by atoms with Crippen molar-refractivity contribution in [2.45, 2.75) is 44.9 Å². The van der Waals surface area contributed by atoms with Crippen molar-refractivity contribution in [3.8, 4) is 10.4 Å². The van der Waals surface area contributed by atoms with Crippen LogP contribution in [0.3, 0.4) is 0 Å². The van der Waals surface area contributed by atoms with Crippen molar-refractivity contribution in [2.75, 3.05) is 23.3 Å². The minimum absolute atomic E-state index is 0.0539. The summed E-state index contributed by atoms with van der Waals surface area (Å²) in [7, 11) is -3.78. The van der Waals surface area contributed by atoms with E-state index in [9.17, 15) is 13.2 Å². The highest BCUT2D eigenvalue weighted by Gasteiger charge is 2.22. The van der Waals surface area contributed by atoms with E-state index in [4.69, 9.17) is 4.74 Å². The molecular formula is C25H29N3O4S2. The summed E-state index contributed by atoms with van der Waals surface area (Å²) in [5, 5.41) is 3.43. The molecule has 1 aromatic heterocycles. The Bertz CT molecular complexity index is 1300. The normalized spacial score (nSPS) is 14.7. The van der Waals surface area contributed by atoms with Crippen molar-refractivity contribution in [1.82, 2.24) is 4.98 Å². The van der Waals surface area contributed by atoms with Gasteiger partial charge in [-0.15, -0.1) is 0 Å². The van der Waals surface area contributed by atoms with E-state index in [1.165, 1.54) is 11.3 Å². The van der Waals surface area contributed by atoms with Crippen LogP contribution in [0.2, 0.25) is 0 Å². The summed E-state index contributed by atoms with van der Waals surface area (Å²) in [5.74, 6) is 0.279. The average molecular weight is 500 g/mol. The number of nitrogens with zero attached hydrogens (tertiary/aromatic N) is 1. The maximum Gasteiger partial charge on any atom is 0.262 e. The first-order valence-electron chi connectivity index (χ1n) is 11.3. The van der Waals surface area contributed by atoms with Gasteiger partial charge in [0.1, 0.15) is 0 Å². The number of para-hydroxylation sites is 1. The van der Waals surface area contributed by atoms with E-state index in [0.717, 1.165) is 34.5 Å². The fourth-order valence-corrected chi connectivity index (χ4v) is 6.40. The van der Waals surface area contributed by atoms with Crippen LogP contribution in [-0.2, 0) is 19.6 Å². The van der Waals surface area contributed by atoms with Crippen LogP contribution < -0.4 is 10.0 Å². The van der Waals surface area contributed by atoms with Gasteiger partial charge in [-0.25, -0.2) is 13.4 Å². The van der Waals surface area contributed by atoms with Gasteiger partial charge in [0.2, 0.25) is 5.91 Å². The van der Waals surface area contributed by atoms with E-state index < -0.39 is 10.0 Å². The second-order valence-corrected chi connectivity index (χ2v) is 11.3. The van der Waals surface area contributed by atoms with E-state index >= 15 is 0 Å². The number of rotatable bonds is 7. The highest BCUT2D eigenvalue weighted by atomic mass is 32.2. The topological polar surface area (TPSA) is 97.4 Å². The van der Waals surface area contributed by atoms with Crippen molar-refractivity contribution in [3.63, 3.8) is 0 Å². The first kappa shape index (κ1) is 24.4. The van der Waals surface area contributed by atoms with Crippen molar-refractivity contribution in [3.05, 3.63) is 59.3 Å². The first-order valence-corrected chi connectivity index (χ1v) is 13.6. The number of carbonyl (C=O) groups is 1. The average Bonchev–Trinajstić information content (AvgIpc) is 3.15. The zero-order valence-electron chi connectivity index (χ0n) is 19.6. The van der Waals surface area contributed by atoms with E-state index in [-0.39, 0.29) is 10.8 Å². The Morgan fingerprint density at radius 1 is 1.09 bits per heavy atom. The molecule has 2 heterocycles. The van der Waals surface area contributed by atoms with Gasteiger partial charge in [0.15, 0.2) is 5.13 Å². The fourth-order valence-electron chi connectivity index (χ4n) is 4.02. The standard InChI is InChI=1S/C25H29N3O4S2/c1-16-6-4-5-7-21(16)28-34(30,31)22-15-20(9-8-17(22)2)24-18(3)26-25(33-24)27-23(29)14-19-10-12-32-13-11-19/h4-9,15,19,28H,10-14H2,1-3H3,(H,26,27,29). The lowest BCUT2D eigenvalue weighted by molar-refractivity contribution is -0.117. The Hall–Kier alpha value is -2.75. The summed E-state index contributed by atoms with van der Waals surface area (Å²) in [6.45, 7) is 6.91. The number of ether oxygens (including phenoxy) is 1. The number of aromatic nitrogens is 1. The second-order valence-electron chi connectivity index (χ2n) is 8.64. The number of carbonyl (C=O) groups excluding carboxylic acids is 1. The first-order chi connectivity index (χ1) is 16.2. The van der Waals surface area contributed by atoms with Gasteiger partial charge in [-0.1, -0.05) is 41.7 Å². The lowest BCUT2D eigenvalue weighted by Crippen LogP contribution is -2.22. The molecule has 1 saturated heterocycles. The van der Waals surface area contributed by atoms with Crippen LogP contribution in [0, 0.1) is 26.7 Å². The van der Waals surface area contributed by atoms with Gasteiger partial charge in [0, 0.05) is 19.6 Å². The van der Waals surface area contributed by atoms with Crippen LogP contribution in [-0.4, -0.2) is 32.5 Å². The lowest BCUT2D eigenvalue weighted by atomic mass is 9.96. The highest BCUT2D eigenvalue weighted by Crippen LogP contribution is 2.35. The number of nitrogens with one attached hydrogen (secondary N) is 2. The maximum absolute atomic E-state index is 13.2. The van der Waals surface area contributed by atoms with Crippen molar-refractivity contribution in [2.24, 2.45) is 5.92 Å². The van der Waals surface area contributed by atoms with E-state index in [0.29, 0.717) is 41.9 Å². The molecule has 7 nitrogen and oxygen atoms in total. The molecule has 3 aromatic rings. The highest BCUT2D eigenvalue weighted by molar-refractivity contribution is 7.92. The van der Waals surface area contributed by atoms with Gasteiger partial charge < -0.3 is 10.1 Å². The Morgan fingerprint density at radius 3 is 2.56 bits per heavy atom. The fraction of sp³-hybridized carbons (Fsp3) is 0.360. The van der Waals surface area contributed by atoms with E-state index in [2.05, 4.69) is 15.0 Å². The number of sulfonamides is 1. The molecule has 34 heavy (non-hydrogen) atoms. The molecule has 2 N–H and O–H groups in total. The minimum Gasteiger partial charge on any atom is -0.381 e. The monoisotopic (exact) mass is 499 g/mol. The summed E-state index contributed by atoms with van der Waals surface area (Å²) in [6.07, 6.45) is 2.24. The van der Waals surface area contributed by atoms with Gasteiger partial charge in [0.25, 0.3) is 10.0 Å². The number of hydrogen-bond donors (Lipinski definition) is 2. The predicted octanol–water partition coefficient (Wildman–Crippen LogP) is 5.29. The Kier molecular flexibility index (Phi) is 7.35. The van der Waals surface area contributed by atoms with E-state index in [1.807, 2.05) is 32.0 Å². The van der Waals surface area contributed by atoms with Gasteiger partial charge in [-0.3, -0.25) is 9.52 Å². The summed E-state index contributed by atoms with van der Waals surface area (Å²) in [4.78, 5) is 18.0. The molecule has 1 amide bonds. The molecule has 0 aliphatic carbocycles. The van der Waals surface area contributed by atoms with Crippen LogP contribution in [0.15, 0.2) is 47.4 Å². The second kappa shape index (κ2) is 10.2. The quantitative estimate of drug-likeness (QED) is 0.460. The minimum atomic E-state index is -3.78. The van der Waals surface area contributed by atoms with Crippen LogP contribution in [0.5, 0.6) is 0 Å². The number of hydrogen-bond acceptors (Lipinski definition) is 6. The molecular weight excluding hydrogens is 470 g/mol. The third kappa shape index (κ3) is 5.65. The number of benzene rings is 2. The lowest BCUT2D eigenvalue weighted by Gasteiger charge is -2.20. The number of anilines is 2. The van der Waals surface area contributed by atoms with Crippen LogP contribution in [0.25, 0.3) is 10.4 Å². The van der Waals surface area contributed by atoms with Crippen molar-refractivity contribution >= 4 is 38.1 Å². The van der Waals surface area contributed by atoms with Crippen LogP contribution in [0.1, 0.15) is 36.1 Å². The molecule has 1 aliphatic heterocycles. The van der Waals surface area contributed by atoms with Crippen LogP contribution in [0.4, 0.5) is 10.8 Å². The Balaban J connectivity index is 1.55. The number of aryl methyl sites for hydroxylation is 3. The van der Waals surface area contributed by atoms with Gasteiger partial charge >= 0.3 is 0 Å². The molecule has 1 fully saturated rings. The molecule has 0 unspecified atom stereocenters. The Morgan fingerprint density at radius 2 is 1.82 bits per heavy atom. The maximum atomic E-state index is 13.2. The zero-order chi connectivity index (χ0) is 24.3. The molecule has 4 rings (SSSR count). The van der Waals surface area contributed by atoms with Gasteiger partial charge in [-0.2, -0.15) is 0 Å². The van der Waals surface area contributed by atoms with Crippen molar-refractivity contribution < 1.29 is 17.9 Å². The molecule has 0 saturated carbocycles. The number of thiazole rings is 1. The third-order valence-corrected chi connectivity index (χ3v) is 8.62. The summed E-state index contributed by atoms with van der Waals surface area (Å²) >= 11 is 1.35. The third-order valence-electron chi connectivity index (χ3n) is 5.99. The van der Waals surface area contributed by atoms with Gasteiger partial charge in [0.05, 0.1) is 21.2 Å². The molecule has 0 radical (unpaired) electrons. The molecule has 1 aliphatic rings. The molecule has 0 spiro atoms. The summed E-state index contributed by atoms with van der Waals surface area (Å²) in [5.41, 5.74) is 3.54. The smallest absolute Gasteiger partial charge is 0.262 e. The number of amides is 1. The molecule has 2 aromatic carbocycles. The molecule has 9 heteroatoms. The SMILES string of the molecule is Cc1ccccc1NS(=O)(=O)c1cc(-c2sc(NC(=O)CC3CCOCC3)nc2C)ccc1C. The van der Waals surface area contributed by atoms with Crippen LogP contribution >= 0.6 is 11.3 Å². The Labute approximate surface area is 204 Å². The summed E-state index contributed by atoms with van der Waals surface area (Å²) < 4.78 is 34.4.